The average molecular weight is 497 g/mol. The van der Waals surface area contributed by atoms with Crippen molar-refractivity contribution in [2.24, 2.45) is 10.7 Å². The van der Waals surface area contributed by atoms with E-state index in [1.807, 2.05) is 0 Å². The van der Waals surface area contributed by atoms with Crippen LogP contribution in [0.3, 0.4) is 0 Å². The van der Waals surface area contributed by atoms with Gasteiger partial charge in [-0.15, -0.1) is 0 Å². The van der Waals surface area contributed by atoms with Crippen molar-refractivity contribution in [3.05, 3.63) is 24.7 Å². The highest BCUT2D eigenvalue weighted by Gasteiger charge is 2.56. The quantitative estimate of drug-likeness (QED) is 0.239. The fraction of sp³-hybridized carbons (Fsp3) is 0.545. The lowest BCUT2D eigenvalue weighted by atomic mass is 9.99. The molecule has 0 aliphatic carbocycles. The van der Waals surface area contributed by atoms with Gasteiger partial charge in [0, 0.05) is 6.20 Å². The van der Waals surface area contributed by atoms with Crippen LogP contribution >= 0.6 is 23.5 Å². The SMILES string of the molecule is C=C1N=C(N)C=CN1[C@@H]1O[C@](C)(COP(=O)(O)OP(=O)(O)OP(=O)(O)O)[C@@H](O)[C@H]1F. The first-order valence-corrected chi connectivity index (χ1v) is 12.2. The zero-order valence-corrected chi connectivity index (χ0v) is 17.8. The van der Waals surface area contributed by atoms with Crippen LogP contribution in [0.25, 0.3) is 0 Å². The predicted octanol–water partition coefficient (Wildman–Crippen LogP) is -0.199. The van der Waals surface area contributed by atoms with E-state index in [-0.39, 0.29) is 11.7 Å². The molecule has 2 aliphatic heterocycles. The minimum absolute atomic E-state index is 0.0213. The zero-order chi connectivity index (χ0) is 23.1. The van der Waals surface area contributed by atoms with Gasteiger partial charge in [-0.3, -0.25) is 4.52 Å². The van der Waals surface area contributed by atoms with E-state index < -0.39 is 54.2 Å². The maximum atomic E-state index is 14.6. The highest BCUT2D eigenvalue weighted by molar-refractivity contribution is 7.66. The summed E-state index contributed by atoms with van der Waals surface area (Å²) in [6.45, 7) is 3.61. The van der Waals surface area contributed by atoms with Crippen molar-refractivity contribution in [2.45, 2.75) is 31.0 Å². The molecular weight excluding hydrogens is 478 g/mol. The van der Waals surface area contributed by atoms with E-state index in [0.717, 1.165) is 11.8 Å². The zero-order valence-electron chi connectivity index (χ0n) is 15.1. The van der Waals surface area contributed by atoms with E-state index >= 15 is 0 Å². The van der Waals surface area contributed by atoms with E-state index in [1.54, 1.807) is 0 Å². The number of halogens is 1. The summed E-state index contributed by atoms with van der Waals surface area (Å²) in [5.74, 6) is 0.0626. The Balaban J connectivity index is 2.08. The molecule has 7 N–H and O–H groups in total. The van der Waals surface area contributed by atoms with E-state index in [1.165, 1.54) is 12.3 Å². The van der Waals surface area contributed by atoms with Gasteiger partial charge in [-0.2, -0.15) is 8.62 Å². The number of nitrogens with two attached hydrogens (primary N) is 1. The van der Waals surface area contributed by atoms with Crippen molar-refractivity contribution in [1.29, 1.82) is 0 Å². The van der Waals surface area contributed by atoms with Crippen molar-refractivity contribution in [1.82, 2.24) is 4.90 Å². The van der Waals surface area contributed by atoms with E-state index in [9.17, 15) is 28.1 Å². The Bertz CT molecular complexity index is 907. The normalized spacial score (nSPS) is 33.8. The molecule has 172 valence electrons. The molecule has 0 amide bonds. The van der Waals surface area contributed by atoms with Gasteiger partial charge in [0.25, 0.3) is 0 Å². The molecule has 0 aromatic heterocycles. The molecule has 0 spiro atoms. The molecule has 2 heterocycles. The number of rotatable bonds is 8. The van der Waals surface area contributed by atoms with E-state index in [4.69, 9.17) is 25.2 Å². The van der Waals surface area contributed by atoms with Gasteiger partial charge in [-0.1, -0.05) is 6.58 Å². The lowest BCUT2D eigenvalue weighted by molar-refractivity contribution is -0.121. The van der Waals surface area contributed by atoms with Gasteiger partial charge in [0.05, 0.1) is 6.61 Å². The number of hydrogen-bond donors (Lipinski definition) is 6. The first-order chi connectivity index (χ1) is 13.4. The van der Waals surface area contributed by atoms with Crippen LogP contribution in [0.2, 0.25) is 0 Å². The van der Waals surface area contributed by atoms with Gasteiger partial charge in [-0.05, 0) is 13.0 Å². The lowest BCUT2D eigenvalue weighted by Gasteiger charge is -2.31. The van der Waals surface area contributed by atoms with Crippen LogP contribution in [-0.2, 0) is 31.6 Å². The van der Waals surface area contributed by atoms with Crippen LogP contribution in [-0.4, -0.2) is 66.1 Å². The molecule has 15 nitrogen and oxygen atoms in total. The second-order valence-electron chi connectivity index (χ2n) is 6.25. The third-order valence-corrected chi connectivity index (χ3v) is 7.54. The smallest absolute Gasteiger partial charge is 0.387 e. The number of hydrogen-bond acceptors (Lipinski definition) is 11. The summed E-state index contributed by atoms with van der Waals surface area (Å²) >= 11 is 0. The van der Waals surface area contributed by atoms with Gasteiger partial charge in [0.2, 0.25) is 0 Å². The Morgan fingerprint density at radius 3 is 2.43 bits per heavy atom. The largest absolute Gasteiger partial charge is 0.490 e. The monoisotopic (exact) mass is 497 g/mol. The average Bonchev–Trinajstić information content (AvgIpc) is 2.75. The number of aliphatic imine (C=N–C) groups is 1. The molecule has 2 unspecified atom stereocenters. The number of aliphatic hydroxyl groups excluding tert-OH is 1. The number of amidine groups is 1. The first kappa shape index (κ1) is 25.3. The topological polar surface area (TPSA) is 231 Å². The second kappa shape index (κ2) is 8.51. The van der Waals surface area contributed by atoms with Gasteiger partial charge >= 0.3 is 23.5 Å². The number of phosphoric ester groups is 1. The number of ether oxygens (including phenoxy) is 1. The number of phosphoric acid groups is 3. The predicted molar refractivity (Wildman–Crippen MR) is 95.7 cm³/mol. The molecule has 0 aromatic rings. The van der Waals surface area contributed by atoms with Crippen LogP contribution in [0.1, 0.15) is 6.92 Å². The Kier molecular flexibility index (Phi) is 7.17. The van der Waals surface area contributed by atoms with Crippen LogP contribution in [0, 0.1) is 0 Å². The summed E-state index contributed by atoms with van der Waals surface area (Å²) in [5, 5.41) is 10.2. The summed E-state index contributed by atoms with van der Waals surface area (Å²) in [5.41, 5.74) is 3.51. The summed E-state index contributed by atoms with van der Waals surface area (Å²) in [7, 11) is -16.8. The van der Waals surface area contributed by atoms with Crippen molar-refractivity contribution in [3.8, 4) is 0 Å². The van der Waals surface area contributed by atoms with Crippen molar-refractivity contribution in [3.63, 3.8) is 0 Å². The van der Waals surface area contributed by atoms with Crippen molar-refractivity contribution in [2.75, 3.05) is 6.61 Å². The molecule has 1 saturated heterocycles. The molecule has 6 atom stereocenters. The highest BCUT2D eigenvalue weighted by atomic mass is 31.3. The summed E-state index contributed by atoms with van der Waals surface area (Å²) in [4.78, 5) is 40.5. The molecule has 0 aromatic carbocycles. The number of nitrogens with zero attached hydrogens (tertiary/aromatic N) is 2. The van der Waals surface area contributed by atoms with Crippen LogP contribution in [0.15, 0.2) is 29.7 Å². The van der Waals surface area contributed by atoms with Crippen LogP contribution < -0.4 is 5.73 Å². The van der Waals surface area contributed by atoms with Gasteiger partial charge < -0.3 is 40.1 Å². The molecule has 19 heteroatoms. The third-order valence-electron chi connectivity index (χ3n) is 3.76. The van der Waals surface area contributed by atoms with Gasteiger partial charge in [0.1, 0.15) is 23.4 Å². The van der Waals surface area contributed by atoms with Crippen LogP contribution in [0.5, 0.6) is 0 Å². The molecule has 30 heavy (non-hydrogen) atoms. The highest BCUT2D eigenvalue weighted by Crippen LogP contribution is 2.66. The molecular formula is C11H19FN3O12P3. The van der Waals surface area contributed by atoms with Gasteiger partial charge in [0.15, 0.2) is 12.4 Å². The first-order valence-electron chi connectivity index (χ1n) is 7.73. The Hall–Kier alpha value is -0.990. The summed E-state index contributed by atoms with van der Waals surface area (Å²) in [6.07, 6.45) is -2.91. The van der Waals surface area contributed by atoms with Crippen molar-refractivity contribution < 1.29 is 60.6 Å². The minimum atomic E-state index is -5.73. The van der Waals surface area contributed by atoms with Crippen LogP contribution in [0.4, 0.5) is 4.39 Å². The molecule has 0 radical (unpaired) electrons. The maximum Gasteiger partial charge on any atom is 0.490 e. The molecule has 2 aliphatic rings. The second-order valence-corrected chi connectivity index (χ2v) is 10.7. The molecule has 0 saturated carbocycles. The van der Waals surface area contributed by atoms with Crippen molar-refractivity contribution >= 4 is 29.3 Å². The maximum absolute atomic E-state index is 14.6. The fourth-order valence-corrected chi connectivity index (χ4v) is 5.58. The Morgan fingerprint density at radius 2 is 1.90 bits per heavy atom. The number of aliphatic hydroxyl groups is 1. The third kappa shape index (κ3) is 6.26. The summed E-state index contributed by atoms with van der Waals surface area (Å²) < 4.78 is 65.3. The fourth-order valence-electron chi connectivity index (χ4n) is 2.46. The lowest BCUT2D eigenvalue weighted by Crippen LogP contribution is -2.43. The summed E-state index contributed by atoms with van der Waals surface area (Å²) in [6, 6.07) is 0. The molecule has 2 rings (SSSR count). The van der Waals surface area contributed by atoms with E-state index in [0.29, 0.717) is 0 Å². The molecule has 0 bridgehead atoms. The standard InChI is InChI=1S/C11H19FN3O12P3/c1-6-14-7(13)3-4-15(6)10-8(12)9(16)11(2,25-10)5-24-29(20,21)27-30(22,23)26-28(17,18)19/h3-4,8-10,16H,1,5H2,2H3,(H2,13,14)(H,20,21)(H,22,23)(H2,17,18,19)/t8-,9+,10-,11-/m1/s1. The minimum Gasteiger partial charge on any atom is -0.387 e. The van der Waals surface area contributed by atoms with Gasteiger partial charge in [-0.25, -0.2) is 23.1 Å². The molecule has 1 fully saturated rings. The van der Waals surface area contributed by atoms with E-state index in [2.05, 4.69) is 24.7 Å². The Labute approximate surface area is 168 Å². The Morgan fingerprint density at radius 1 is 1.30 bits per heavy atom. The number of alkyl halides is 1.